The molecule has 0 bridgehead atoms. The molecule has 0 aliphatic carbocycles. The molecule has 0 aliphatic rings. The van der Waals surface area contributed by atoms with Gasteiger partial charge in [-0.2, -0.15) is 0 Å². The van der Waals surface area contributed by atoms with Crippen molar-refractivity contribution in [3.05, 3.63) is 62.7 Å². The Morgan fingerprint density at radius 1 is 1.23 bits per heavy atom. The highest BCUT2D eigenvalue weighted by molar-refractivity contribution is 7.22. The van der Waals surface area contributed by atoms with Gasteiger partial charge in [-0.3, -0.25) is 25.8 Å². The van der Waals surface area contributed by atoms with Crippen molar-refractivity contribution in [1.29, 1.82) is 0 Å². The number of benzene rings is 2. The molecule has 0 aliphatic heterocycles. The van der Waals surface area contributed by atoms with Gasteiger partial charge in [0.15, 0.2) is 0 Å². The molecule has 0 saturated heterocycles. The van der Waals surface area contributed by atoms with Gasteiger partial charge in [-0.25, -0.2) is 9.78 Å². The van der Waals surface area contributed by atoms with Crippen molar-refractivity contribution in [1.82, 2.24) is 10.4 Å². The maximum absolute atomic E-state index is 12.4. The van der Waals surface area contributed by atoms with Gasteiger partial charge in [-0.15, -0.1) is 0 Å². The number of thiazole rings is 1. The lowest BCUT2D eigenvalue weighted by Gasteiger charge is -2.08. The predicted octanol–water partition coefficient (Wildman–Crippen LogP) is 3.31. The third kappa shape index (κ3) is 3.27. The number of halogens is 1. The number of anilines is 1. The lowest BCUT2D eigenvalue weighted by atomic mass is 10.0. The number of nitro groups is 1. The summed E-state index contributed by atoms with van der Waals surface area (Å²) in [5, 5.41) is 21.0. The Bertz CT molecular complexity index is 1020. The summed E-state index contributed by atoms with van der Waals surface area (Å²) in [7, 11) is 0. The molecule has 1 amide bonds. The second-order valence-corrected chi connectivity index (χ2v) is 6.38. The lowest BCUT2D eigenvalue weighted by molar-refractivity contribution is -0.385. The number of aromatic carboxylic acids is 1. The topological polar surface area (TPSA) is 134 Å². The molecule has 1 heterocycles. The Kier molecular flexibility index (Phi) is 4.69. The van der Waals surface area contributed by atoms with Crippen LogP contribution in [0.15, 0.2) is 36.4 Å². The number of hydrogen-bond donors (Lipinski definition) is 3. The Morgan fingerprint density at radius 3 is 2.62 bits per heavy atom. The number of carboxylic acid groups (broad SMARTS) is 1. The van der Waals surface area contributed by atoms with E-state index in [9.17, 15) is 24.8 Å². The van der Waals surface area contributed by atoms with Gasteiger partial charge in [0.1, 0.15) is 11.1 Å². The van der Waals surface area contributed by atoms with Crippen molar-refractivity contribution in [3.8, 4) is 0 Å². The second-order valence-electron chi connectivity index (χ2n) is 4.95. The van der Waals surface area contributed by atoms with Gasteiger partial charge in [0.25, 0.3) is 11.6 Å². The summed E-state index contributed by atoms with van der Waals surface area (Å²) in [6.45, 7) is 0. The van der Waals surface area contributed by atoms with Crippen LogP contribution in [0.25, 0.3) is 10.2 Å². The van der Waals surface area contributed by atoms with E-state index in [1.54, 1.807) is 18.2 Å². The minimum atomic E-state index is -1.45. The summed E-state index contributed by atoms with van der Waals surface area (Å²) in [4.78, 5) is 38.1. The molecule has 0 radical (unpaired) electrons. The van der Waals surface area contributed by atoms with Crippen LogP contribution in [-0.4, -0.2) is 26.9 Å². The van der Waals surface area contributed by atoms with Gasteiger partial charge in [-0.05, 0) is 18.2 Å². The van der Waals surface area contributed by atoms with Gasteiger partial charge >= 0.3 is 5.97 Å². The molecule has 0 spiro atoms. The van der Waals surface area contributed by atoms with Crippen molar-refractivity contribution in [2.24, 2.45) is 0 Å². The molecule has 26 heavy (non-hydrogen) atoms. The van der Waals surface area contributed by atoms with E-state index in [1.165, 1.54) is 17.4 Å². The molecule has 3 aromatic rings. The van der Waals surface area contributed by atoms with Gasteiger partial charge in [-0.1, -0.05) is 35.1 Å². The minimum absolute atomic E-state index is 0.289. The number of nitro benzene ring substituents is 1. The van der Waals surface area contributed by atoms with Crippen LogP contribution in [0, 0.1) is 10.1 Å². The molecule has 0 unspecified atom stereocenters. The van der Waals surface area contributed by atoms with Crippen LogP contribution in [0.1, 0.15) is 20.7 Å². The molecule has 132 valence electrons. The third-order valence-corrected chi connectivity index (χ3v) is 4.59. The Balaban J connectivity index is 1.89. The lowest BCUT2D eigenvalue weighted by Crippen LogP contribution is -2.31. The van der Waals surface area contributed by atoms with Crippen LogP contribution >= 0.6 is 22.9 Å². The van der Waals surface area contributed by atoms with Crippen LogP contribution in [-0.2, 0) is 0 Å². The van der Waals surface area contributed by atoms with Gasteiger partial charge in [0.2, 0.25) is 5.13 Å². The van der Waals surface area contributed by atoms with E-state index in [0.29, 0.717) is 10.5 Å². The summed E-state index contributed by atoms with van der Waals surface area (Å²) >= 11 is 7.23. The quantitative estimate of drug-likeness (QED) is 0.447. The molecule has 11 heteroatoms. The fourth-order valence-electron chi connectivity index (χ4n) is 2.25. The SMILES string of the molecule is O=C(O)c1cccc([N+](=O)[O-])c1C(=O)NNc1nc2c(Cl)cccc2s1. The normalized spacial score (nSPS) is 10.5. The number of amides is 1. The number of hydrazine groups is 1. The van der Waals surface area contributed by atoms with E-state index in [0.717, 1.165) is 16.8 Å². The number of fused-ring (bicyclic) bond motifs is 1. The molecule has 3 rings (SSSR count). The number of aromatic nitrogens is 1. The number of carbonyl (C=O) groups excluding carboxylic acids is 1. The van der Waals surface area contributed by atoms with Crippen LogP contribution in [0.5, 0.6) is 0 Å². The molecule has 1 aromatic heterocycles. The average Bonchev–Trinajstić information content (AvgIpc) is 3.03. The van der Waals surface area contributed by atoms with E-state index in [-0.39, 0.29) is 5.13 Å². The zero-order valence-corrected chi connectivity index (χ0v) is 14.3. The molecular formula is C15H9ClN4O5S. The molecule has 9 nitrogen and oxygen atoms in total. The largest absolute Gasteiger partial charge is 0.478 e. The van der Waals surface area contributed by atoms with Crippen LogP contribution in [0.2, 0.25) is 5.02 Å². The van der Waals surface area contributed by atoms with Gasteiger partial charge in [0, 0.05) is 6.07 Å². The first-order valence-electron chi connectivity index (χ1n) is 7.00. The number of carbonyl (C=O) groups is 2. The Hall–Kier alpha value is -3.24. The summed E-state index contributed by atoms with van der Waals surface area (Å²) in [6, 6.07) is 8.56. The summed E-state index contributed by atoms with van der Waals surface area (Å²) in [5.41, 5.74) is 3.64. The Labute approximate surface area is 154 Å². The maximum atomic E-state index is 12.4. The summed E-state index contributed by atoms with van der Waals surface area (Å²) in [5.74, 6) is -2.43. The fourth-order valence-corrected chi connectivity index (χ4v) is 3.37. The second kappa shape index (κ2) is 6.94. The van der Waals surface area contributed by atoms with Crippen LogP contribution in [0.4, 0.5) is 10.8 Å². The van der Waals surface area contributed by atoms with Crippen molar-refractivity contribution in [2.75, 3.05) is 5.43 Å². The molecule has 2 aromatic carbocycles. The highest BCUT2D eigenvalue weighted by Gasteiger charge is 2.27. The molecule has 0 atom stereocenters. The number of carboxylic acids is 1. The van der Waals surface area contributed by atoms with E-state index in [4.69, 9.17) is 11.6 Å². The number of rotatable bonds is 5. The molecule has 0 fully saturated rings. The van der Waals surface area contributed by atoms with E-state index >= 15 is 0 Å². The van der Waals surface area contributed by atoms with Crippen molar-refractivity contribution in [3.63, 3.8) is 0 Å². The van der Waals surface area contributed by atoms with Crippen LogP contribution in [0.3, 0.4) is 0 Å². The number of hydrogen-bond acceptors (Lipinski definition) is 7. The van der Waals surface area contributed by atoms with Gasteiger partial charge in [0.05, 0.1) is 20.2 Å². The highest BCUT2D eigenvalue weighted by Crippen LogP contribution is 2.30. The summed E-state index contributed by atoms with van der Waals surface area (Å²) in [6.07, 6.45) is 0. The third-order valence-electron chi connectivity index (χ3n) is 3.35. The van der Waals surface area contributed by atoms with Gasteiger partial charge < -0.3 is 5.11 Å². The zero-order valence-electron chi connectivity index (χ0n) is 12.7. The first kappa shape index (κ1) is 17.6. The maximum Gasteiger partial charge on any atom is 0.336 e. The smallest absolute Gasteiger partial charge is 0.336 e. The summed E-state index contributed by atoms with van der Waals surface area (Å²) < 4.78 is 0.770. The molecule has 0 saturated carbocycles. The number of para-hydroxylation sites is 1. The highest BCUT2D eigenvalue weighted by atomic mass is 35.5. The average molecular weight is 393 g/mol. The van der Waals surface area contributed by atoms with E-state index < -0.39 is 33.6 Å². The fraction of sp³-hybridized carbons (Fsp3) is 0. The first-order chi connectivity index (χ1) is 12.4. The first-order valence-corrected chi connectivity index (χ1v) is 8.20. The molecular weight excluding hydrogens is 384 g/mol. The predicted molar refractivity (Wildman–Crippen MR) is 95.8 cm³/mol. The standard InChI is InChI=1S/C15H9ClN4O5S/c16-8-4-2-6-10-12(8)17-15(26-10)19-18-13(21)11-7(14(22)23)3-1-5-9(11)20(24)25/h1-6H,(H,17,19)(H,18,21)(H,22,23). The zero-order chi connectivity index (χ0) is 18.8. The number of nitrogens with one attached hydrogen (secondary N) is 2. The Morgan fingerprint density at radius 2 is 1.96 bits per heavy atom. The number of nitrogens with zero attached hydrogens (tertiary/aromatic N) is 2. The molecule has 3 N–H and O–H groups in total. The van der Waals surface area contributed by atoms with E-state index in [1.807, 2.05) is 0 Å². The minimum Gasteiger partial charge on any atom is -0.478 e. The van der Waals surface area contributed by atoms with Crippen molar-refractivity contribution < 1.29 is 19.6 Å². The van der Waals surface area contributed by atoms with E-state index in [2.05, 4.69) is 15.8 Å². The van der Waals surface area contributed by atoms with Crippen LogP contribution < -0.4 is 10.9 Å². The monoisotopic (exact) mass is 392 g/mol. The van der Waals surface area contributed by atoms with Crippen molar-refractivity contribution in [2.45, 2.75) is 0 Å². The van der Waals surface area contributed by atoms with Crippen molar-refractivity contribution >= 4 is 55.8 Å².